The number of nitrogens with zero attached hydrogens (tertiary/aromatic N) is 2. The van der Waals surface area contributed by atoms with Crippen molar-refractivity contribution in [2.75, 3.05) is 11.9 Å². The number of nitriles is 1. The molecule has 4 nitrogen and oxygen atoms in total. The Labute approximate surface area is 126 Å². The van der Waals surface area contributed by atoms with Crippen LogP contribution in [0.3, 0.4) is 0 Å². The molecule has 1 fully saturated rings. The molecule has 4 heteroatoms. The molecule has 1 aliphatic rings. The van der Waals surface area contributed by atoms with Crippen LogP contribution in [0.1, 0.15) is 45.1 Å². The van der Waals surface area contributed by atoms with Crippen LogP contribution >= 0.6 is 0 Å². The zero-order chi connectivity index (χ0) is 15.2. The summed E-state index contributed by atoms with van der Waals surface area (Å²) in [5, 5.41) is 11.8. The average Bonchev–Trinajstić information content (AvgIpc) is 2.47. The van der Waals surface area contributed by atoms with Crippen LogP contribution in [0.25, 0.3) is 0 Å². The van der Waals surface area contributed by atoms with Gasteiger partial charge in [-0.15, -0.1) is 0 Å². The number of rotatable bonds is 3. The highest BCUT2D eigenvalue weighted by atomic mass is 16.2. The molecule has 1 saturated heterocycles. The van der Waals surface area contributed by atoms with Crippen molar-refractivity contribution >= 4 is 11.7 Å². The van der Waals surface area contributed by atoms with Crippen molar-refractivity contribution < 1.29 is 4.79 Å². The second-order valence-corrected chi connectivity index (χ2v) is 6.10. The van der Waals surface area contributed by atoms with Crippen molar-refractivity contribution in [2.24, 2.45) is 5.92 Å². The van der Waals surface area contributed by atoms with Crippen molar-refractivity contribution in [1.82, 2.24) is 4.90 Å². The number of hydrogen-bond acceptors (Lipinski definition) is 2. The van der Waals surface area contributed by atoms with Gasteiger partial charge in [0.05, 0.1) is 11.6 Å². The first-order chi connectivity index (χ1) is 10.1. The van der Waals surface area contributed by atoms with Gasteiger partial charge >= 0.3 is 6.03 Å². The first-order valence-electron chi connectivity index (χ1n) is 7.68. The van der Waals surface area contributed by atoms with Crippen LogP contribution in [0.2, 0.25) is 0 Å². The number of urea groups is 1. The maximum atomic E-state index is 12.5. The molecule has 0 saturated carbocycles. The third kappa shape index (κ3) is 4.22. The van der Waals surface area contributed by atoms with Gasteiger partial charge in [-0.05, 0) is 49.8 Å². The molecule has 21 heavy (non-hydrogen) atoms. The fraction of sp³-hybridized carbons (Fsp3) is 0.529. The summed E-state index contributed by atoms with van der Waals surface area (Å²) >= 11 is 0. The van der Waals surface area contributed by atoms with Crippen LogP contribution in [-0.4, -0.2) is 23.5 Å². The molecule has 0 unspecified atom stereocenters. The first kappa shape index (κ1) is 15.4. The second-order valence-electron chi connectivity index (χ2n) is 6.10. The molecular weight excluding hydrogens is 262 g/mol. The predicted molar refractivity (Wildman–Crippen MR) is 84.0 cm³/mol. The van der Waals surface area contributed by atoms with E-state index in [1.54, 1.807) is 18.2 Å². The maximum Gasteiger partial charge on any atom is 0.322 e. The topological polar surface area (TPSA) is 56.1 Å². The van der Waals surface area contributed by atoms with E-state index >= 15 is 0 Å². The van der Waals surface area contributed by atoms with Gasteiger partial charge in [-0.1, -0.05) is 19.9 Å². The van der Waals surface area contributed by atoms with E-state index in [2.05, 4.69) is 25.2 Å². The monoisotopic (exact) mass is 285 g/mol. The van der Waals surface area contributed by atoms with Gasteiger partial charge in [0.15, 0.2) is 0 Å². The fourth-order valence-corrected chi connectivity index (χ4v) is 2.92. The summed E-state index contributed by atoms with van der Waals surface area (Å²) in [5.41, 5.74) is 1.25. The van der Waals surface area contributed by atoms with Crippen molar-refractivity contribution in [1.29, 1.82) is 5.26 Å². The van der Waals surface area contributed by atoms with Gasteiger partial charge in [0.25, 0.3) is 0 Å². The summed E-state index contributed by atoms with van der Waals surface area (Å²) in [4.78, 5) is 14.5. The minimum atomic E-state index is -0.0459. The highest BCUT2D eigenvalue weighted by Gasteiger charge is 2.27. The molecule has 1 aromatic rings. The standard InChI is InChI=1S/C17H23N3O/c1-13(2)10-16-8-3-4-9-20(16)17(21)19-15-7-5-6-14(11-15)12-18/h5-7,11,13,16H,3-4,8-10H2,1-2H3,(H,19,21)/t16-/m0/s1. The Hall–Kier alpha value is -2.02. The van der Waals surface area contributed by atoms with E-state index in [0.717, 1.165) is 25.8 Å². The molecule has 0 radical (unpaired) electrons. The van der Waals surface area contributed by atoms with E-state index in [-0.39, 0.29) is 6.03 Å². The molecule has 1 N–H and O–H groups in total. The SMILES string of the molecule is CC(C)C[C@@H]1CCCCN1C(=O)Nc1cccc(C#N)c1. The van der Waals surface area contributed by atoms with E-state index in [9.17, 15) is 4.79 Å². The van der Waals surface area contributed by atoms with Crippen LogP contribution in [0, 0.1) is 17.2 Å². The number of carbonyl (C=O) groups excluding carboxylic acids is 1. The van der Waals surface area contributed by atoms with Crippen LogP contribution < -0.4 is 5.32 Å². The lowest BCUT2D eigenvalue weighted by molar-refractivity contribution is 0.150. The second kappa shape index (κ2) is 7.12. The number of nitrogens with one attached hydrogen (secondary N) is 1. The number of amides is 2. The molecule has 0 aliphatic carbocycles. The molecule has 1 atom stereocenters. The summed E-state index contributed by atoms with van der Waals surface area (Å²) in [6, 6.07) is 9.42. The Kier molecular flexibility index (Phi) is 5.21. The van der Waals surface area contributed by atoms with Gasteiger partial charge in [0.1, 0.15) is 0 Å². The fourth-order valence-electron chi connectivity index (χ4n) is 2.92. The van der Waals surface area contributed by atoms with E-state index in [0.29, 0.717) is 23.2 Å². The van der Waals surface area contributed by atoms with Gasteiger partial charge in [0, 0.05) is 18.3 Å². The predicted octanol–water partition coefficient (Wildman–Crippen LogP) is 3.99. The third-order valence-electron chi connectivity index (χ3n) is 3.87. The molecular formula is C17H23N3O. The molecule has 2 amide bonds. The highest BCUT2D eigenvalue weighted by Crippen LogP contribution is 2.23. The van der Waals surface area contributed by atoms with Crippen LogP contribution in [0.5, 0.6) is 0 Å². The van der Waals surface area contributed by atoms with E-state index < -0.39 is 0 Å². The van der Waals surface area contributed by atoms with Crippen LogP contribution in [0.4, 0.5) is 10.5 Å². The van der Waals surface area contributed by atoms with Crippen molar-refractivity contribution in [3.8, 4) is 6.07 Å². The summed E-state index contributed by atoms with van der Waals surface area (Å²) in [7, 11) is 0. The Bertz CT molecular complexity index is 533. The van der Waals surface area contributed by atoms with E-state index in [1.807, 2.05) is 11.0 Å². The van der Waals surface area contributed by atoms with Crippen LogP contribution in [0.15, 0.2) is 24.3 Å². The summed E-state index contributed by atoms with van der Waals surface area (Å²) < 4.78 is 0. The number of likely N-dealkylation sites (tertiary alicyclic amines) is 1. The molecule has 0 bridgehead atoms. The van der Waals surface area contributed by atoms with Gasteiger partial charge < -0.3 is 10.2 Å². The lowest BCUT2D eigenvalue weighted by Gasteiger charge is -2.36. The van der Waals surface area contributed by atoms with Crippen LogP contribution in [-0.2, 0) is 0 Å². The van der Waals surface area contributed by atoms with E-state index in [4.69, 9.17) is 5.26 Å². The normalized spacial score (nSPS) is 18.4. The Morgan fingerprint density at radius 3 is 3.00 bits per heavy atom. The number of benzene rings is 1. The number of carbonyl (C=O) groups is 1. The lowest BCUT2D eigenvalue weighted by Crippen LogP contribution is -2.46. The molecule has 2 rings (SSSR count). The van der Waals surface area contributed by atoms with Crippen molar-refractivity contribution in [2.45, 2.75) is 45.6 Å². The highest BCUT2D eigenvalue weighted by molar-refractivity contribution is 5.89. The quantitative estimate of drug-likeness (QED) is 0.912. The Morgan fingerprint density at radius 2 is 2.29 bits per heavy atom. The number of hydrogen-bond donors (Lipinski definition) is 1. The minimum absolute atomic E-state index is 0.0459. The number of piperidine rings is 1. The Morgan fingerprint density at radius 1 is 1.48 bits per heavy atom. The molecule has 1 aliphatic heterocycles. The third-order valence-corrected chi connectivity index (χ3v) is 3.87. The van der Waals surface area contributed by atoms with Gasteiger partial charge in [-0.25, -0.2) is 4.79 Å². The smallest absolute Gasteiger partial charge is 0.322 e. The average molecular weight is 285 g/mol. The summed E-state index contributed by atoms with van der Waals surface area (Å²) in [5.74, 6) is 0.588. The molecule has 1 aromatic carbocycles. The molecule has 0 aromatic heterocycles. The molecule has 1 heterocycles. The zero-order valence-corrected chi connectivity index (χ0v) is 12.8. The molecule has 0 spiro atoms. The van der Waals surface area contributed by atoms with Crippen molar-refractivity contribution in [3.05, 3.63) is 29.8 Å². The van der Waals surface area contributed by atoms with Crippen molar-refractivity contribution in [3.63, 3.8) is 0 Å². The zero-order valence-electron chi connectivity index (χ0n) is 12.8. The largest absolute Gasteiger partial charge is 0.322 e. The van der Waals surface area contributed by atoms with E-state index in [1.165, 1.54) is 6.42 Å². The maximum absolute atomic E-state index is 12.5. The van der Waals surface area contributed by atoms with Gasteiger partial charge in [-0.2, -0.15) is 5.26 Å². The summed E-state index contributed by atoms with van der Waals surface area (Å²) in [6.07, 6.45) is 4.40. The molecule has 112 valence electrons. The minimum Gasteiger partial charge on any atom is -0.322 e. The van der Waals surface area contributed by atoms with Gasteiger partial charge in [-0.3, -0.25) is 0 Å². The summed E-state index contributed by atoms with van der Waals surface area (Å²) in [6.45, 7) is 5.21. The Balaban J connectivity index is 2.04. The van der Waals surface area contributed by atoms with Gasteiger partial charge in [0.2, 0.25) is 0 Å². The first-order valence-corrected chi connectivity index (χ1v) is 7.68. The number of anilines is 1. The lowest BCUT2D eigenvalue weighted by atomic mass is 9.94.